The van der Waals surface area contributed by atoms with Crippen LogP contribution in [0.3, 0.4) is 0 Å². The van der Waals surface area contributed by atoms with Crippen molar-refractivity contribution in [3.05, 3.63) is 186 Å². The molecule has 12 rings (SSSR count). The Morgan fingerprint density at radius 2 is 0.980 bits per heavy atom. The second kappa shape index (κ2) is 9.31. The molecule has 0 amide bonds. The van der Waals surface area contributed by atoms with Gasteiger partial charge in [-0.1, -0.05) is 127 Å². The number of hydrogen-bond donors (Lipinski definition) is 0. The summed E-state index contributed by atoms with van der Waals surface area (Å²) in [6, 6.07) is 60.1. The monoisotopic (exact) mass is 633 g/mol. The van der Waals surface area contributed by atoms with Gasteiger partial charge in [-0.2, -0.15) is 0 Å². The van der Waals surface area contributed by atoms with Crippen molar-refractivity contribution in [2.75, 3.05) is 0 Å². The van der Waals surface area contributed by atoms with Crippen LogP contribution in [0.25, 0.3) is 82.8 Å². The van der Waals surface area contributed by atoms with E-state index in [1.807, 2.05) is 0 Å². The predicted molar refractivity (Wildman–Crippen MR) is 205 cm³/mol. The van der Waals surface area contributed by atoms with E-state index in [4.69, 9.17) is 9.97 Å². The topological polar surface area (TPSA) is 30.2 Å². The molecule has 3 heteroatoms. The van der Waals surface area contributed by atoms with Crippen LogP contribution in [0.4, 0.5) is 0 Å². The number of para-hydroxylation sites is 3. The molecule has 0 atom stereocenters. The van der Waals surface area contributed by atoms with Crippen molar-refractivity contribution in [1.29, 1.82) is 0 Å². The van der Waals surface area contributed by atoms with Crippen LogP contribution in [0.1, 0.15) is 22.3 Å². The van der Waals surface area contributed by atoms with Crippen molar-refractivity contribution in [3.63, 3.8) is 0 Å². The van der Waals surface area contributed by atoms with E-state index in [-0.39, 0.29) is 5.41 Å². The Balaban J connectivity index is 1.16. The van der Waals surface area contributed by atoms with Gasteiger partial charge >= 0.3 is 0 Å². The second-order valence-electron chi connectivity index (χ2n) is 13.7. The Morgan fingerprint density at radius 1 is 0.400 bits per heavy atom. The highest BCUT2D eigenvalue weighted by atomic mass is 15.0. The molecular formula is C47H27N3. The van der Waals surface area contributed by atoms with Gasteiger partial charge in [-0.05, 0) is 92.0 Å². The van der Waals surface area contributed by atoms with Gasteiger partial charge in [0.05, 0.1) is 33.0 Å². The van der Waals surface area contributed by atoms with Crippen LogP contribution in [0.2, 0.25) is 0 Å². The number of fused-ring (bicyclic) bond motifs is 19. The van der Waals surface area contributed by atoms with Gasteiger partial charge in [-0.15, -0.1) is 0 Å². The molecule has 0 bridgehead atoms. The van der Waals surface area contributed by atoms with Gasteiger partial charge < -0.3 is 0 Å². The largest absolute Gasteiger partial charge is 0.292 e. The smallest absolute Gasteiger partial charge is 0.147 e. The molecule has 50 heavy (non-hydrogen) atoms. The maximum atomic E-state index is 5.24. The fourth-order valence-electron chi connectivity index (χ4n) is 9.31. The molecule has 230 valence electrons. The quantitative estimate of drug-likeness (QED) is 0.133. The van der Waals surface area contributed by atoms with E-state index in [1.54, 1.807) is 0 Å². The average molecular weight is 634 g/mol. The molecule has 10 aromatic rings. The molecule has 2 aliphatic rings. The number of hydrogen-bond acceptors (Lipinski definition) is 2. The molecule has 3 heterocycles. The van der Waals surface area contributed by atoms with Crippen molar-refractivity contribution >= 4 is 49.4 Å². The Morgan fingerprint density at radius 3 is 1.72 bits per heavy atom. The Labute approximate surface area is 287 Å². The van der Waals surface area contributed by atoms with Crippen LogP contribution in [0, 0.1) is 0 Å². The maximum Gasteiger partial charge on any atom is 0.147 e. The van der Waals surface area contributed by atoms with E-state index >= 15 is 0 Å². The van der Waals surface area contributed by atoms with E-state index in [2.05, 4.69) is 168 Å². The summed E-state index contributed by atoms with van der Waals surface area (Å²) in [5, 5.41) is 3.30. The molecule has 0 aliphatic heterocycles. The molecule has 0 fully saturated rings. The molecule has 0 saturated heterocycles. The van der Waals surface area contributed by atoms with E-state index < -0.39 is 0 Å². The van der Waals surface area contributed by atoms with Crippen LogP contribution >= 0.6 is 0 Å². The van der Waals surface area contributed by atoms with Crippen LogP contribution in [-0.2, 0) is 5.41 Å². The highest BCUT2D eigenvalue weighted by Crippen LogP contribution is 2.63. The first kappa shape index (κ1) is 26.4. The average Bonchev–Trinajstić information content (AvgIpc) is 3.82. The Kier molecular flexibility index (Phi) is 4.91. The van der Waals surface area contributed by atoms with Gasteiger partial charge in [0, 0.05) is 16.2 Å². The standard InChI is InChI=1S/C47H27N3/c1-8-18-41-30(11-1)25-36-45(48-41)35-24-22-29(27-44(35)50-43-20-10-9-19-42(43)49-46(36)50)28-21-23-34-33-14-4-7-17-39(33)47(40(34)26-28)37-15-5-2-12-31(37)32-13-3-6-16-38(32)47/h1-27H. The van der Waals surface area contributed by atoms with Crippen molar-refractivity contribution in [2.45, 2.75) is 5.41 Å². The van der Waals surface area contributed by atoms with Crippen molar-refractivity contribution in [1.82, 2.24) is 14.4 Å². The summed E-state index contributed by atoms with van der Waals surface area (Å²) in [5.41, 5.74) is 18.8. The molecule has 1 spiro atoms. The lowest BCUT2D eigenvalue weighted by molar-refractivity contribution is 0.794. The van der Waals surface area contributed by atoms with Crippen LogP contribution in [0.5, 0.6) is 0 Å². The summed E-state index contributed by atoms with van der Waals surface area (Å²) in [5.74, 6) is 0. The van der Waals surface area contributed by atoms with E-state index in [1.165, 1.54) is 55.6 Å². The van der Waals surface area contributed by atoms with E-state index in [9.17, 15) is 0 Å². The zero-order chi connectivity index (χ0) is 32.6. The second-order valence-corrected chi connectivity index (χ2v) is 13.7. The number of imidazole rings is 1. The lowest BCUT2D eigenvalue weighted by Gasteiger charge is -2.30. The molecule has 0 saturated carbocycles. The van der Waals surface area contributed by atoms with Gasteiger partial charge in [-0.3, -0.25) is 4.40 Å². The predicted octanol–water partition coefficient (Wildman–Crippen LogP) is 11.4. The molecule has 0 unspecified atom stereocenters. The number of pyridine rings is 2. The fraction of sp³-hybridized carbons (Fsp3) is 0.0213. The number of aromatic nitrogens is 3. The summed E-state index contributed by atoms with van der Waals surface area (Å²) < 4.78 is 2.33. The molecule has 3 aromatic heterocycles. The molecule has 3 nitrogen and oxygen atoms in total. The first-order valence-corrected chi connectivity index (χ1v) is 17.3. The normalized spacial score (nSPS) is 13.8. The van der Waals surface area contributed by atoms with Crippen molar-refractivity contribution in [2.24, 2.45) is 0 Å². The van der Waals surface area contributed by atoms with Gasteiger partial charge in [0.1, 0.15) is 5.65 Å². The van der Waals surface area contributed by atoms with Gasteiger partial charge in [-0.25, -0.2) is 9.97 Å². The Bertz CT molecular complexity index is 3050. The highest BCUT2D eigenvalue weighted by Gasteiger charge is 2.51. The maximum absolute atomic E-state index is 5.24. The van der Waals surface area contributed by atoms with E-state index in [0.717, 1.165) is 49.4 Å². The third kappa shape index (κ3) is 3.16. The minimum atomic E-state index is -0.374. The minimum absolute atomic E-state index is 0.374. The van der Waals surface area contributed by atoms with Crippen LogP contribution in [0.15, 0.2) is 164 Å². The van der Waals surface area contributed by atoms with Crippen LogP contribution < -0.4 is 0 Å². The molecular weight excluding hydrogens is 607 g/mol. The molecule has 2 aliphatic carbocycles. The lowest BCUT2D eigenvalue weighted by atomic mass is 9.70. The molecule has 0 N–H and O–H groups in total. The first-order valence-electron chi connectivity index (χ1n) is 17.3. The van der Waals surface area contributed by atoms with Gasteiger partial charge in [0.2, 0.25) is 0 Å². The summed E-state index contributed by atoms with van der Waals surface area (Å²) in [4.78, 5) is 10.4. The summed E-state index contributed by atoms with van der Waals surface area (Å²) in [6.07, 6.45) is 0. The summed E-state index contributed by atoms with van der Waals surface area (Å²) in [7, 11) is 0. The van der Waals surface area contributed by atoms with Crippen molar-refractivity contribution in [3.8, 4) is 33.4 Å². The van der Waals surface area contributed by atoms with Crippen LogP contribution in [-0.4, -0.2) is 14.4 Å². The third-order valence-corrected chi connectivity index (χ3v) is 11.3. The summed E-state index contributed by atoms with van der Waals surface area (Å²) in [6.45, 7) is 0. The number of nitrogens with zero attached hydrogens (tertiary/aromatic N) is 3. The Hall–Kier alpha value is -6.58. The molecule has 0 radical (unpaired) electrons. The fourth-order valence-corrected chi connectivity index (χ4v) is 9.31. The van der Waals surface area contributed by atoms with Crippen molar-refractivity contribution < 1.29 is 0 Å². The van der Waals surface area contributed by atoms with Gasteiger partial charge in [0.25, 0.3) is 0 Å². The minimum Gasteiger partial charge on any atom is -0.292 e. The third-order valence-electron chi connectivity index (χ3n) is 11.3. The molecule has 7 aromatic carbocycles. The van der Waals surface area contributed by atoms with Gasteiger partial charge in [0.15, 0.2) is 0 Å². The number of rotatable bonds is 1. The van der Waals surface area contributed by atoms with E-state index in [0.29, 0.717) is 0 Å². The zero-order valence-corrected chi connectivity index (χ0v) is 26.9. The number of benzene rings is 7. The lowest BCUT2D eigenvalue weighted by Crippen LogP contribution is -2.25. The summed E-state index contributed by atoms with van der Waals surface area (Å²) >= 11 is 0. The first-order chi connectivity index (χ1) is 24.8. The SMILES string of the molecule is c1ccc2c(c1)-c1ccccc1C21c2ccccc2-c2ccc(-c3ccc4c5nc6ccccc6cc5c5nc6ccccc6n5c4c3)cc21. The highest BCUT2D eigenvalue weighted by molar-refractivity contribution is 6.15. The zero-order valence-electron chi connectivity index (χ0n) is 26.9.